The molecule has 2 N–H and O–H groups in total. The first-order valence-electron chi connectivity index (χ1n) is 12.5. The molecule has 0 fully saturated rings. The Morgan fingerprint density at radius 1 is 1.21 bits per heavy atom. The molecule has 0 saturated heterocycles. The highest BCUT2D eigenvalue weighted by Crippen LogP contribution is 2.31. The van der Waals surface area contributed by atoms with Gasteiger partial charge in [0.05, 0.1) is 34.6 Å². The maximum Gasteiger partial charge on any atom is 0.309 e. The van der Waals surface area contributed by atoms with E-state index >= 15 is 0 Å². The maximum atomic E-state index is 13.1. The minimum Gasteiger partial charge on any atom is -0.416 e. The van der Waals surface area contributed by atoms with Crippen molar-refractivity contribution in [3.05, 3.63) is 65.8 Å². The van der Waals surface area contributed by atoms with Crippen molar-refractivity contribution in [3.63, 3.8) is 0 Å². The average molecular weight is 550 g/mol. The van der Waals surface area contributed by atoms with Gasteiger partial charge in [0.25, 0.3) is 0 Å². The third-order valence-corrected chi connectivity index (χ3v) is 7.41. The second-order valence-electron chi connectivity index (χ2n) is 10.5. The van der Waals surface area contributed by atoms with Gasteiger partial charge in [-0.05, 0) is 29.7 Å². The Bertz CT molecular complexity index is 1520. The lowest BCUT2D eigenvalue weighted by molar-refractivity contribution is 0.0896. The Morgan fingerprint density at radius 3 is 2.72 bits per heavy atom. The summed E-state index contributed by atoms with van der Waals surface area (Å²) >= 11 is 0. The standard InChI is InChI=1S/C26H31N9O3S/c1-26(2,3)24-33-32-23(38-24)22(36)30-21-9-11-35(39(5)37)14-17-12-16(6-7-19(17)21)20-8-10-27-25(31-20)29-18-13-28-34(4)15-18/h6-8,10,12-13,15,21H,9,11,14H2,1-5H3,(H,30,36)(H,27,29,31). The van der Waals surface area contributed by atoms with Crippen molar-refractivity contribution in [1.82, 2.24) is 39.6 Å². The molecule has 3 aromatic heterocycles. The first-order valence-corrected chi connectivity index (χ1v) is 14.0. The van der Waals surface area contributed by atoms with Crippen LogP contribution in [0.4, 0.5) is 11.6 Å². The van der Waals surface area contributed by atoms with E-state index in [-0.39, 0.29) is 17.3 Å². The summed E-state index contributed by atoms with van der Waals surface area (Å²) in [7, 11) is 0.659. The topological polar surface area (TPSA) is 144 Å². The quantitative estimate of drug-likeness (QED) is 0.370. The average Bonchev–Trinajstić information content (AvgIpc) is 3.51. The molecule has 1 aromatic carbocycles. The van der Waals surface area contributed by atoms with E-state index in [2.05, 4.69) is 35.9 Å². The van der Waals surface area contributed by atoms with Crippen LogP contribution in [0.1, 0.15) is 60.9 Å². The van der Waals surface area contributed by atoms with Crippen molar-refractivity contribution in [2.45, 2.75) is 45.2 Å². The van der Waals surface area contributed by atoms with Gasteiger partial charge in [0, 0.05) is 49.8 Å². The van der Waals surface area contributed by atoms with Crippen LogP contribution in [0.5, 0.6) is 0 Å². The van der Waals surface area contributed by atoms with Crippen LogP contribution in [-0.4, -0.2) is 57.2 Å². The van der Waals surface area contributed by atoms with Crippen LogP contribution in [0, 0.1) is 0 Å². The van der Waals surface area contributed by atoms with Gasteiger partial charge in [-0.25, -0.2) is 18.5 Å². The summed E-state index contributed by atoms with van der Waals surface area (Å²) < 4.78 is 21.7. The van der Waals surface area contributed by atoms with Crippen LogP contribution in [0.2, 0.25) is 0 Å². The lowest BCUT2D eigenvalue weighted by Crippen LogP contribution is -2.30. The van der Waals surface area contributed by atoms with Gasteiger partial charge in [0.2, 0.25) is 11.8 Å². The van der Waals surface area contributed by atoms with Gasteiger partial charge < -0.3 is 15.1 Å². The van der Waals surface area contributed by atoms with Crippen LogP contribution in [0.3, 0.4) is 0 Å². The molecule has 1 aliphatic heterocycles. The third kappa shape index (κ3) is 6.04. The summed E-state index contributed by atoms with van der Waals surface area (Å²) in [4.78, 5) is 22.1. The van der Waals surface area contributed by atoms with E-state index in [1.165, 1.54) is 0 Å². The molecule has 204 valence electrons. The number of fused-ring (bicyclic) bond motifs is 1. The zero-order valence-electron chi connectivity index (χ0n) is 22.5. The fourth-order valence-corrected chi connectivity index (χ4v) is 5.03. The molecule has 0 saturated carbocycles. The Balaban J connectivity index is 1.43. The smallest absolute Gasteiger partial charge is 0.309 e. The molecule has 2 unspecified atom stereocenters. The Labute approximate surface area is 228 Å². The number of aromatic nitrogens is 6. The highest BCUT2D eigenvalue weighted by Gasteiger charge is 2.29. The maximum absolute atomic E-state index is 13.1. The normalized spacial score (nSPS) is 16.8. The van der Waals surface area contributed by atoms with E-state index in [0.29, 0.717) is 31.3 Å². The predicted octanol–water partition coefficient (Wildman–Crippen LogP) is 3.27. The number of hydrogen-bond donors (Lipinski definition) is 2. The van der Waals surface area contributed by atoms with Gasteiger partial charge in [-0.1, -0.05) is 32.9 Å². The highest BCUT2D eigenvalue weighted by atomic mass is 32.2. The molecule has 1 amide bonds. The fraction of sp³-hybridized carbons (Fsp3) is 0.385. The number of carbonyl (C=O) groups is 1. The molecule has 12 nitrogen and oxygen atoms in total. The Hall–Kier alpha value is -3.97. The van der Waals surface area contributed by atoms with Gasteiger partial charge in [-0.2, -0.15) is 5.10 Å². The second kappa shape index (κ2) is 10.7. The Kier molecular flexibility index (Phi) is 7.28. The highest BCUT2D eigenvalue weighted by molar-refractivity contribution is 7.81. The first-order chi connectivity index (χ1) is 18.6. The number of hydrogen-bond acceptors (Lipinski definition) is 9. The van der Waals surface area contributed by atoms with Crippen molar-refractivity contribution in [2.24, 2.45) is 7.05 Å². The molecule has 13 heteroatoms. The summed E-state index contributed by atoms with van der Waals surface area (Å²) in [5.41, 5.74) is 3.92. The zero-order valence-corrected chi connectivity index (χ0v) is 23.3. The number of nitrogens with zero attached hydrogens (tertiary/aromatic N) is 7. The van der Waals surface area contributed by atoms with Crippen molar-refractivity contribution in [2.75, 3.05) is 18.1 Å². The van der Waals surface area contributed by atoms with Crippen LogP contribution < -0.4 is 10.6 Å². The summed E-state index contributed by atoms with van der Waals surface area (Å²) in [6, 6.07) is 7.50. The van der Waals surface area contributed by atoms with Crippen LogP contribution in [0.25, 0.3) is 11.3 Å². The van der Waals surface area contributed by atoms with E-state index in [1.807, 2.05) is 62.6 Å². The molecule has 0 aliphatic carbocycles. The van der Waals surface area contributed by atoms with Crippen molar-refractivity contribution < 1.29 is 13.4 Å². The summed E-state index contributed by atoms with van der Waals surface area (Å²) in [5.74, 6) is 0.332. The van der Waals surface area contributed by atoms with E-state index in [1.54, 1.807) is 23.3 Å². The molecular formula is C26H31N9O3S. The number of benzene rings is 1. The molecule has 1 aliphatic rings. The molecule has 0 spiro atoms. The van der Waals surface area contributed by atoms with Crippen LogP contribution in [0.15, 0.2) is 47.3 Å². The molecule has 2 atom stereocenters. The SMILES string of the molecule is Cn1cc(Nc2nccc(-c3ccc4c(c3)CN(S(C)=O)CCC4NC(=O)c3nnc(C(C)(C)C)o3)n2)cn1. The zero-order chi connectivity index (χ0) is 27.7. The fourth-order valence-electron chi connectivity index (χ4n) is 4.34. The largest absolute Gasteiger partial charge is 0.416 e. The van der Waals surface area contributed by atoms with E-state index in [0.717, 1.165) is 28.1 Å². The summed E-state index contributed by atoms with van der Waals surface area (Å²) in [5, 5.41) is 18.4. The minimum atomic E-state index is -1.18. The van der Waals surface area contributed by atoms with Gasteiger partial charge in [0.1, 0.15) is 0 Å². The third-order valence-electron chi connectivity index (χ3n) is 6.37. The Morgan fingerprint density at radius 2 is 2.03 bits per heavy atom. The van der Waals surface area contributed by atoms with Crippen LogP contribution >= 0.6 is 0 Å². The lowest BCUT2D eigenvalue weighted by Gasteiger charge is -2.19. The molecule has 0 bridgehead atoms. The number of nitrogens with one attached hydrogen (secondary N) is 2. The van der Waals surface area contributed by atoms with E-state index in [4.69, 9.17) is 4.42 Å². The summed E-state index contributed by atoms with van der Waals surface area (Å²) in [6.45, 7) is 6.84. The van der Waals surface area contributed by atoms with Gasteiger partial charge in [-0.3, -0.25) is 9.48 Å². The first kappa shape index (κ1) is 26.6. The number of amides is 1. The molecule has 5 rings (SSSR count). The monoisotopic (exact) mass is 549 g/mol. The molecule has 4 heterocycles. The number of carbonyl (C=O) groups excluding carboxylic acids is 1. The van der Waals surface area contributed by atoms with E-state index in [9.17, 15) is 9.00 Å². The van der Waals surface area contributed by atoms with Crippen molar-refractivity contribution in [1.29, 1.82) is 0 Å². The summed E-state index contributed by atoms with van der Waals surface area (Å²) in [6.07, 6.45) is 7.47. The molecule has 39 heavy (non-hydrogen) atoms. The lowest BCUT2D eigenvalue weighted by atomic mass is 9.96. The molecule has 0 radical (unpaired) electrons. The molecule has 4 aromatic rings. The molecular weight excluding hydrogens is 518 g/mol. The number of rotatable bonds is 6. The van der Waals surface area contributed by atoms with Gasteiger partial charge in [-0.15, -0.1) is 10.2 Å². The van der Waals surface area contributed by atoms with E-state index < -0.39 is 16.9 Å². The number of aryl methyl sites for hydroxylation is 1. The number of anilines is 2. The minimum absolute atomic E-state index is 0.0760. The predicted molar refractivity (Wildman–Crippen MR) is 146 cm³/mol. The van der Waals surface area contributed by atoms with Gasteiger partial charge >= 0.3 is 11.8 Å². The van der Waals surface area contributed by atoms with Gasteiger partial charge in [0.15, 0.2) is 0 Å². The second-order valence-corrected chi connectivity index (χ2v) is 11.8. The van der Waals surface area contributed by atoms with Crippen molar-refractivity contribution >= 4 is 28.5 Å². The van der Waals surface area contributed by atoms with Crippen molar-refractivity contribution in [3.8, 4) is 11.3 Å². The van der Waals surface area contributed by atoms with Crippen LogP contribution in [-0.2, 0) is 30.0 Å².